The van der Waals surface area contributed by atoms with Crippen LogP contribution in [0.15, 0.2) is 16.9 Å². The number of nitrogens with zero attached hydrogens (tertiary/aromatic N) is 2. The fourth-order valence-corrected chi connectivity index (χ4v) is 4.36. The molecule has 0 spiro atoms. The molecule has 26 heavy (non-hydrogen) atoms. The number of anilines is 1. The van der Waals surface area contributed by atoms with Crippen molar-refractivity contribution in [3.63, 3.8) is 0 Å². The van der Waals surface area contributed by atoms with Crippen LogP contribution in [0.4, 0.5) is 23.7 Å². The third kappa shape index (κ3) is 2.69. The van der Waals surface area contributed by atoms with Crippen LogP contribution in [0, 0.1) is 11.3 Å². The minimum Gasteiger partial charge on any atom is -0.392 e. The molecule has 1 aromatic heterocycles. The van der Waals surface area contributed by atoms with Crippen LogP contribution in [0.3, 0.4) is 0 Å². The van der Waals surface area contributed by atoms with Crippen molar-refractivity contribution in [3.8, 4) is 0 Å². The summed E-state index contributed by atoms with van der Waals surface area (Å²) in [5.74, 6) is -0.00402. The Morgan fingerprint density at radius 3 is 2.62 bits per heavy atom. The molecule has 2 aliphatic rings. The molecule has 1 unspecified atom stereocenters. The average molecular weight is 373 g/mol. The fraction of sp³-hybridized carbons (Fsp3) is 0.647. The summed E-state index contributed by atoms with van der Waals surface area (Å²) in [7, 11) is 0. The Kier molecular flexibility index (Phi) is 4.33. The summed E-state index contributed by atoms with van der Waals surface area (Å²) in [6.07, 6.45) is -4.48. The first-order chi connectivity index (χ1) is 12.0. The number of fused-ring (bicyclic) bond motifs is 1. The van der Waals surface area contributed by atoms with Gasteiger partial charge in [0.1, 0.15) is 11.4 Å². The number of nitrogens with one attached hydrogen (secondary N) is 1. The molecule has 3 rings (SSSR count). The molecule has 1 saturated heterocycles. The summed E-state index contributed by atoms with van der Waals surface area (Å²) >= 11 is 0. The number of aliphatic hydroxyl groups excluding tert-OH is 1. The van der Waals surface area contributed by atoms with E-state index in [-0.39, 0.29) is 24.2 Å². The molecular weight excluding hydrogens is 351 g/mol. The molecule has 6 nitrogen and oxygen atoms in total. The predicted octanol–water partition coefficient (Wildman–Crippen LogP) is 2.51. The molecule has 0 bridgehead atoms. The van der Waals surface area contributed by atoms with Gasteiger partial charge in [0.15, 0.2) is 0 Å². The molecule has 1 aromatic rings. The highest BCUT2D eigenvalue weighted by Gasteiger charge is 2.61. The zero-order valence-electron chi connectivity index (χ0n) is 14.8. The number of amides is 2. The van der Waals surface area contributed by atoms with Crippen molar-refractivity contribution >= 4 is 11.7 Å². The van der Waals surface area contributed by atoms with E-state index in [2.05, 4.69) is 5.32 Å². The van der Waals surface area contributed by atoms with Crippen molar-refractivity contribution in [1.82, 2.24) is 9.47 Å². The number of likely N-dealkylation sites (tertiary alicyclic amines) is 1. The third-order valence-electron chi connectivity index (χ3n) is 5.66. The Morgan fingerprint density at radius 1 is 1.38 bits per heavy atom. The summed E-state index contributed by atoms with van der Waals surface area (Å²) in [6, 6.07) is 1.10. The van der Waals surface area contributed by atoms with E-state index in [9.17, 15) is 27.9 Å². The summed E-state index contributed by atoms with van der Waals surface area (Å²) in [6.45, 7) is 5.44. The Morgan fingerprint density at radius 2 is 2.04 bits per heavy atom. The lowest BCUT2D eigenvalue weighted by Gasteiger charge is -2.55. The van der Waals surface area contributed by atoms with Crippen molar-refractivity contribution in [3.05, 3.63) is 28.2 Å². The van der Waals surface area contributed by atoms with Gasteiger partial charge in [0.05, 0.1) is 6.10 Å². The summed E-state index contributed by atoms with van der Waals surface area (Å²) in [5.41, 5.74) is -2.58. The van der Waals surface area contributed by atoms with Crippen molar-refractivity contribution in [2.45, 2.75) is 52.1 Å². The lowest BCUT2D eigenvalue weighted by atomic mass is 9.58. The van der Waals surface area contributed by atoms with E-state index in [1.807, 2.05) is 13.8 Å². The predicted molar refractivity (Wildman–Crippen MR) is 88.8 cm³/mol. The van der Waals surface area contributed by atoms with Crippen molar-refractivity contribution < 1.29 is 23.1 Å². The first-order valence-corrected chi connectivity index (χ1v) is 8.56. The average Bonchev–Trinajstić information content (AvgIpc) is 2.98. The number of hydrogen-bond donors (Lipinski definition) is 2. The summed E-state index contributed by atoms with van der Waals surface area (Å²) in [4.78, 5) is 26.5. The number of pyridine rings is 1. The topological polar surface area (TPSA) is 74.6 Å². The van der Waals surface area contributed by atoms with E-state index in [0.29, 0.717) is 17.5 Å². The Labute approximate surface area is 148 Å². The van der Waals surface area contributed by atoms with Gasteiger partial charge in [-0.2, -0.15) is 13.2 Å². The number of hydrogen-bond acceptors (Lipinski definition) is 3. The second-order valence-corrected chi connectivity index (χ2v) is 7.47. The molecular formula is C17H22F3N3O3. The van der Waals surface area contributed by atoms with Crippen LogP contribution >= 0.6 is 0 Å². The van der Waals surface area contributed by atoms with Gasteiger partial charge in [0.25, 0.3) is 5.56 Å². The molecule has 1 aliphatic carbocycles. The minimum absolute atomic E-state index is 0.00402. The molecule has 9 heteroatoms. The molecule has 2 N–H and O–H groups in total. The van der Waals surface area contributed by atoms with Gasteiger partial charge in [0.2, 0.25) is 0 Å². The standard InChI is InChI=1S/C17H22F3N3O3/c1-4-22-11(17(18,19)20)6-5-10(14(22)25)21-15(26)23-8-7-9-12(23)16(2,3)13(9)24/h5-6,9,12-13,24H,4,7-8H2,1-3H3,(H,21,26)/t9-,12+,13?/m0/s1. The van der Waals surface area contributed by atoms with Gasteiger partial charge in [0, 0.05) is 30.5 Å². The second-order valence-electron chi connectivity index (χ2n) is 7.47. The number of rotatable bonds is 2. The SMILES string of the molecule is CCn1c(C(F)(F)F)ccc(NC(=O)N2CC[C@@H]3C(O)C(C)(C)[C@@H]32)c1=O. The number of halogens is 3. The number of alkyl halides is 3. The highest BCUT2D eigenvalue weighted by molar-refractivity contribution is 5.89. The summed E-state index contributed by atoms with van der Waals surface area (Å²) < 4.78 is 39.6. The monoisotopic (exact) mass is 373 g/mol. The number of aliphatic hydroxyl groups is 1. The van der Waals surface area contributed by atoms with Crippen molar-refractivity contribution in [2.24, 2.45) is 11.3 Å². The molecule has 2 heterocycles. The maximum atomic E-state index is 13.0. The molecule has 144 valence electrons. The van der Waals surface area contributed by atoms with E-state index >= 15 is 0 Å². The highest BCUT2D eigenvalue weighted by atomic mass is 19.4. The molecule has 1 saturated carbocycles. The van der Waals surface area contributed by atoms with Crippen LogP contribution in [0.2, 0.25) is 0 Å². The smallest absolute Gasteiger partial charge is 0.392 e. The van der Waals surface area contributed by atoms with E-state index in [0.717, 1.165) is 12.1 Å². The minimum atomic E-state index is -4.65. The summed E-state index contributed by atoms with van der Waals surface area (Å²) in [5, 5.41) is 12.6. The van der Waals surface area contributed by atoms with Gasteiger partial charge in [-0.3, -0.25) is 4.79 Å². The zero-order chi connectivity index (χ0) is 19.4. The Bertz CT molecular complexity index is 788. The van der Waals surface area contributed by atoms with Crippen LogP contribution in [0.5, 0.6) is 0 Å². The van der Waals surface area contributed by atoms with E-state index in [4.69, 9.17) is 0 Å². The van der Waals surface area contributed by atoms with Crippen LogP contribution in [-0.2, 0) is 12.7 Å². The van der Waals surface area contributed by atoms with Crippen LogP contribution in [0.25, 0.3) is 0 Å². The Hall–Kier alpha value is -2.03. The first kappa shape index (κ1) is 18.8. The lowest BCUT2D eigenvalue weighted by molar-refractivity contribution is -0.144. The molecule has 2 amide bonds. The largest absolute Gasteiger partial charge is 0.431 e. The second kappa shape index (κ2) is 6.00. The first-order valence-electron chi connectivity index (χ1n) is 8.56. The molecule has 0 radical (unpaired) electrons. The van der Waals surface area contributed by atoms with E-state index < -0.39 is 35.0 Å². The van der Waals surface area contributed by atoms with Crippen molar-refractivity contribution in [1.29, 1.82) is 0 Å². The number of carbonyl (C=O) groups is 1. The highest BCUT2D eigenvalue weighted by Crippen LogP contribution is 2.53. The maximum absolute atomic E-state index is 13.0. The molecule has 1 aliphatic heterocycles. The van der Waals surface area contributed by atoms with Crippen LogP contribution in [0.1, 0.15) is 32.9 Å². The fourth-order valence-electron chi connectivity index (χ4n) is 4.36. The van der Waals surface area contributed by atoms with Gasteiger partial charge in [-0.25, -0.2) is 4.79 Å². The quantitative estimate of drug-likeness (QED) is 0.837. The maximum Gasteiger partial charge on any atom is 0.431 e. The number of aromatic nitrogens is 1. The van der Waals surface area contributed by atoms with Gasteiger partial charge in [-0.05, 0) is 25.5 Å². The van der Waals surface area contributed by atoms with E-state index in [1.54, 1.807) is 4.90 Å². The number of carbonyl (C=O) groups excluding carboxylic acids is 1. The van der Waals surface area contributed by atoms with E-state index in [1.165, 1.54) is 6.92 Å². The van der Waals surface area contributed by atoms with Crippen LogP contribution < -0.4 is 10.9 Å². The zero-order valence-corrected chi connectivity index (χ0v) is 14.8. The van der Waals surface area contributed by atoms with Gasteiger partial charge >= 0.3 is 12.2 Å². The van der Waals surface area contributed by atoms with Gasteiger partial charge < -0.3 is 19.9 Å². The number of urea groups is 1. The molecule has 3 atom stereocenters. The third-order valence-corrected chi connectivity index (χ3v) is 5.66. The van der Waals surface area contributed by atoms with Crippen LogP contribution in [-0.4, -0.2) is 39.3 Å². The lowest BCUT2D eigenvalue weighted by Crippen LogP contribution is -2.65. The molecule has 2 fully saturated rings. The Balaban J connectivity index is 1.84. The van der Waals surface area contributed by atoms with Gasteiger partial charge in [-0.1, -0.05) is 13.8 Å². The van der Waals surface area contributed by atoms with Gasteiger partial charge in [-0.15, -0.1) is 0 Å². The van der Waals surface area contributed by atoms with Crippen molar-refractivity contribution in [2.75, 3.05) is 11.9 Å². The normalized spacial score (nSPS) is 27.0. The molecule has 0 aromatic carbocycles.